The van der Waals surface area contributed by atoms with Crippen LogP contribution in [0.1, 0.15) is 50.0 Å². The highest BCUT2D eigenvalue weighted by atomic mass is 16.5. The summed E-state index contributed by atoms with van der Waals surface area (Å²) in [5.74, 6) is 1.23. The van der Waals surface area contributed by atoms with Crippen molar-refractivity contribution >= 4 is 0 Å². The topological polar surface area (TPSA) is 64.9 Å². The highest BCUT2D eigenvalue weighted by Gasteiger charge is 2.34. The molecule has 1 heterocycles. The predicted octanol–water partition coefficient (Wildman–Crippen LogP) is 3.55. The number of rotatable bonds is 2. The van der Waals surface area contributed by atoms with E-state index in [2.05, 4.69) is 29.2 Å². The summed E-state index contributed by atoms with van der Waals surface area (Å²) in [5, 5.41) is 4.10. The maximum Gasteiger partial charge on any atom is 0.247 e. The number of benzene rings is 1. The van der Waals surface area contributed by atoms with Crippen molar-refractivity contribution in [1.82, 2.24) is 10.1 Å². The quantitative estimate of drug-likeness (QED) is 0.848. The van der Waals surface area contributed by atoms with Gasteiger partial charge in [0.1, 0.15) is 0 Å². The fraction of sp³-hybridized carbons (Fsp3) is 0.500. The molecule has 106 valence electrons. The second kappa shape index (κ2) is 5.37. The van der Waals surface area contributed by atoms with Crippen molar-refractivity contribution in [3.05, 3.63) is 35.7 Å². The standard InChI is InChI=1S/C16H21N3O/c1-12-6-8-13(9-7-12)14-18-15(20-19-14)16(17)10-4-2-3-5-11-16/h6-9H,2-5,10-11,17H2,1H3. The van der Waals surface area contributed by atoms with Gasteiger partial charge in [0.05, 0.1) is 5.54 Å². The van der Waals surface area contributed by atoms with Gasteiger partial charge in [-0.2, -0.15) is 4.98 Å². The molecule has 1 aromatic heterocycles. The molecule has 0 saturated heterocycles. The third-order valence-electron chi connectivity index (χ3n) is 4.16. The molecule has 0 spiro atoms. The van der Waals surface area contributed by atoms with E-state index in [9.17, 15) is 0 Å². The van der Waals surface area contributed by atoms with Gasteiger partial charge in [-0.05, 0) is 19.8 Å². The molecule has 1 saturated carbocycles. The molecule has 0 aliphatic heterocycles. The van der Waals surface area contributed by atoms with Crippen molar-refractivity contribution in [3.8, 4) is 11.4 Å². The summed E-state index contributed by atoms with van der Waals surface area (Å²) in [4.78, 5) is 4.54. The molecular weight excluding hydrogens is 250 g/mol. The molecular formula is C16H21N3O. The van der Waals surface area contributed by atoms with E-state index < -0.39 is 5.54 Å². The Morgan fingerprint density at radius 1 is 1.05 bits per heavy atom. The van der Waals surface area contributed by atoms with Gasteiger partial charge in [-0.1, -0.05) is 60.7 Å². The molecule has 20 heavy (non-hydrogen) atoms. The zero-order chi connectivity index (χ0) is 14.0. The number of hydrogen-bond acceptors (Lipinski definition) is 4. The SMILES string of the molecule is Cc1ccc(-c2noc(C3(N)CCCCCC3)n2)cc1. The first-order valence-corrected chi connectivity index (χ1v) is 7.37. The van der Waals surface area contributed by atoms with Crippen LogP contribution in [0.25, 0.3) is 11.4 Å². The van der Waals surface area contributed by atoms with Crippen LogP contribution < -0.4 is 5.73 Å². The van der Waals surface area contributed by atoms with Gasteiger partial charge < -0.3 is 10.3 Å². The fourth-order valence-electron chi connectivity index (χ4n) is 2.82. The van der Waals surface area contributed by atoms with Gasteiger partial charge in [-0.15, -0.1) is 0 Å². The van der Waals surface area contributed by atoms with Crippen molar-refractivity contribution in [3.63, 3.8) is 0 Å². The van der Waals surface area contributed by atoms with Crippen LogP contribution in [0, 0.1) is 6.92 Å². The van der Waals surface area contributed by atoms with Gasteiger partial charge in [-0.25, -0.2) is 0 Å². The molecule has 4 heteroatoms. The molecule has 0 bridgehead atoms. The summed E-state index contributed by atoms with van der Waals surface area (Å²) in [6.45, 7) is 2.06. The van der Waals surface area contributed by atoms with Crippen molar-refractivity contribution in [2.45, 2.75) is 51.0 Å². The Balaban J connectivity index is 1.87. The summed E-state index contributed by atoms with van der Waals surface area (Å²) < 4.78 is 5.46. The van der Waals surface area contributed by atoms with E-state index in [1.807, 2.05) is 12.1 Å². The monoisotopic (exact) mass is 271 g/mol. The highest BCUT2D eigenvalue weighted by Crippen LogP contribution is 2.33. The lowest BCUT2D eigenvalue weighted by Gasteiger charge is -2.22. The molecule has 0 amide bonds. The average molecular weight is 271 g/mol. The number of aromatic nitrogens is 2. The van der Waals surface area contributed by atoms with Crippen LogP contribution in [0.3, 0.4) is 0 Å². The molecule has 1 aromatic carbocycles. The predicted molar refractivity (Wildman–Crippen MR) is 78.0 cm³/mol. The Morgan fingerprint density at radius 3 is 2.35 bits per heavy atom. The summed E-state index contributed by atoms with van der Waals surface area (Å²) >= 11 is 0. The summed E-state index contributed by atoms with van der Waals surface area (Å²) in [6, 6.07) is 8.13. The number of hydrogen-bond donors (Lipinski definition) is 1. The molecule has 3 rings (SSSR count). The Morgan fingerprint density at radius 2 is 1.70 bits per heavy atom. The minimum Gasteiger partial charge on any atom is -0.337 e. The molecule has 2 aromatic rings. The van der Waals surface area contributed by atoms with Gasteiger partial charge in [0.25, 0.3) is 0 Å². The van der Waals surface area contributed by atoms with E-state index in [-0.39, 0.29) is 0 Å². The minimum absolute atomic E-state index is 0.438. The maximum absolute atomic E-state index is 6.50. The lowest BCUT2D eigenvalue weighted by Crippen LogP contribution is -2.36. The first-order valence-electron chi connectivity index (χ1n) is 7.37. The first kappa shape index (κ1) is 13.3. The molecule has 4 nitrogen and oxygen atoms in total. The first-order chi connectivity index (χ1) is 9.67. The second-order valence-corrected chi connectivity index (χ2v) is 5.86. The average Bonchev–Trinajstić information content (AvgIpc) is 2.84. The molecule has 2 N–H and O–H groups in total. The maximum atomic E-state index is 6.50. The van der Waals surface area contributed by atoms with Crippen LogP contribution >= 0.6 is 0 Å². The lowest BCUT2D eigenvalue weighted by molar-refractivity contribution is 0.257. The van der Waals surface area contributed by atoms with Gasteiger partial charge in [0.15, 0.2) is 0 Å². The van der Waals surface area contributed by atoms with Crippen LogP contribution in [0.5, 0.6) is 0 Å². The van der Waals surface area contributed by atoms with Gasteiger partial charge >= 0.3 is 0 Å². The second-order valence-electron chi connectivity index (χ2n) is 5.86. The Kier molecular flexibility index (Phi) is 3.57. The number of nitrogens with zero attached hydrogens (tertiary/aromatic N) is 2. The van der Waals surface area contributed by atoms with Crippen LogP contribution in [-0.4, -0.2) is 10.1 Å². The smallest absolute Gasteiger partial charge is 0.247 e. The Labute approximate surface area is 119 Å². The van der Waals surface area contributed by atoms with Crippen LogP contribution in [0.4, 0.5) is 0 Å². The zero-order valence-electron chi connectivity index (χ0n) is 11.9. The lowest BCUT2D eigenvalue weighted by atomic mass is 9.91. The van der Waals surface area contributed by atoms with E-state index in [1.165, 1.54) is 18.4 Å². The third kappa shape index (κ3) is 2.61. The van der Waals surface area contributed by atoms with Crippen LogP contribution in [-0.2, 0) is 5.54 Å². The van der Waals surface area contributed by atoms with Gasteiger partial charge in [0, 0.05) is 5.56 Å². The van der Waals surface area contributed by atoms with Crippen molar-refractivity contribution in [2.24, 2.45) is 5.73 Å². The largest absolute Gasteiger partial charge is 0.337 e. The van der Waals surface area contributed by atoms with Crippen molar-refractivity contribution < 1.29 is 4.52 Å². The number of nitrogens with two attached hydrogens (primary N) is 1. The van der Waals surface area contributed by atoms with Crippen molar-refractivity contribution in [1.29, 1.82) is 0 Å². The summed E-state index contributed by atoms with van der Waals surface area (Å²) in [5.41, 5.74) is 8.26. The molecule has 1 aliphatic rings. The van der Waals surface area contributed by atoms with Gasteiger partial charge in [-0.3, -0.25) is 0 Å². The zero-order valence-corrected chi connectivity index (χ0v) is 11.9. The van der Waals surface area contributed by atoms with E-state index in [4.69, 9.17) is 10.3 Å². The van der Waals surface area contributed by atoms with Crippen LogP contribution in [0.15, 0.2) is 28.8 Å². The van der Waals surface area contributed by atoms with Gasteiger partial charge in [0.2, 0.25) is 11.7 Å². The third-order valence-corrected chi connectivity index (χ3v) is 4.16. The van der Waals surface area contributed by atoms with Crippen LogP contribution in [0.2, 0.25) is 0 Å². The molecule has 0 atom stereocenters. The van der Waals surface area contributed by atoms with E-state index in [1.54, 1.807) is 0 Å². The minimum atomic E-state index is -0.438. The Bertz CT molecular complexity index is 566. The number of aryl methyl sites for hydroxylation is 1. The molecule has 1 aliphatic carbocycles. The Hall–Kier alpha value is -1.68. The van der Waals surface area contributed by atoms with E-state index in [0.29, 0.717) is 11.7 Å². The van der Waals surface area contributed by atoms with Crippen molar-refractivity contribution in [2.75, 3.05) is 0 Å². The van der Waals surface area contributed by atoms with E-state index in [0.717, 1.165) is 31.2 Å². The fourth-order valence-corrected chi connectivity index (χ4v) is 2.82. The molecule has 0 unspecified atom stereocenters. The highest BCUT2D eigenvalue weighted by molar-refractivity contribution is 5.54. The van der Waals surface area contributed by atoms with E-state index >= 15 is 0 Å². The molecule has 0 radical (unpaired) electrons. The molecule has 1 fully saturated rings. The summed E-state index contributed by atoms with van der Waals surface area (Å²) in [6.07, 6.45) is 6.64. The summed E-state index contributed by atoms with van der Waals surface area (Å²) in [7, 11) is 0. The normalized spacial score (nSPS) is 18.7.